The Balaban J connectivity index is 1.76. The fourth-order valence-electron chi connectivity index (χ4n) is 2.91. The van der Waals surface area contributed by atoms with Gasteiger partial charge >= 0.3 is 5.97 Å². The van der Waals surface area contributed by atoms with E-state index in [1.54, 1.807) is 6.92 Å². The Bertz CT molecular complexity index is 1120. The van der Waals surface area contributed by atoms with E-state index in [-0.39, 0.29) is 12.4 Å². The van der Waals surface area contributed by atoms with Gasteiger partial charge in [0.1, 0.15) is 40.3 Å². The molecule has 1 unspecified atom stereocenters. The van der Waals surface area contributed by atoms with Crippen molar-refractivity contribution in [2.24, 2.45) is 4.40 Å². The van der Waals surface area contributed by atoms with E-state index < -0.39 is 16.1 Å². The van der Waals surface area contributed by atoms with E-state index in [4.69, 9.17) is 13.9 Å². The molecule has 0 saturated carbocycles. The molecule has 0 fully saturated rings. The molecule has 0 aliphatic carbocycles. The van der Waals surface area contributed by atoms with Crippen molar-refractivity contribution in [3.05, 3.63) is 62.9 Å². The van der Waals surface area contributed by atoms with Crippen molar-refractivity contribution >= 4 is 57.1 Å². The van der Waals surface area contributed by atoms with Gasteiger partial charge in [-0.25, -0.2) is 0 Å². The Labute approximate surface area is 204 Å². The van der Waals surface area contributed by atoms with Crippen LogP contribution in [0.5, 0.6) is 5.75 Å². The van der Waals surface area contributed by atoms with Gasteiger partial charge in [0, 0.05) is 10.9 Å². The Morgan fingerprint density at radius 1 is 1.25 bits per heavy atom. The van der Waals surface area contributed by atoms with Crippen molar-refractivity contribution in [1.82, 2.24) is 0 Å². The zero-order chi connectivity index (χ0) is 23.3. The number of para-hydroxylation sites is 1. The normalized spacial score (nSPS) is 12.9. The third-order valence-electron chi connectivity index (χ3n) is 4.46. The number of hydrogen-bond acceptors (Lipinski definition) is 6. The van der Waals surface area contributed by atoms with Crippen LogP contribution in [0.4, 0.5) is 0 Å². The summed E-state index contributed by atoms with van der Waals surface area (Å²) >= 11 is 0.876. The Kier molecular flexibility index (Phi) is 8.24. The molecule has 170 valence electrons. The number of hydrogen-bond donors (Lipinski definition) is 0. The van der Waals surface area contributed by atoms with Gasteiger partial charge in [0.25, 0.3) is 0 Å². The van der Waals surface area contributed by atoms with Gasteiger partial charge in [-0.1, -0.05) is 22.6 Å². The summed E-state index contributed by atoms with van der Waals surface area (Å²) in [5.74, 6) is 0.924. The van der Waals surface area contributed by atoms with Crippen LogP contribution in [0.2, 0.25) is 0 Å². The van der Waals surface area contributed by atoms with Gasteiger partial charge in [0.15, 0.2) is 5.76 Å². The monoisotopic (exact) mass is 567 g/mol. The number of fused-ring (bicyclic) bond motifs is 1. The number of furan rings is 1. The fourth-order valence-corrected chi connectivity index (χ4v) is 4.25. The van der Waals surface area contributed by atoms with Crippen LogP contribution in [0.3, 0.4) is 0 Å². The molecule has 1 heterocycles. The zero-order valence-electron chi connectivity index (χ0n) is 18.5. The molecule has 8 heteroatoms. The highest BCUT2D eigenvalue weighted by Crippen LogP contribution is 2.28. The lowest BCUT2D eigenvalue weighted by molar-refractivity contribution is -0.142. The summed E-state index contributed by atoms with van der Waals surface area (Å²) in [5, 5.41) is 0.915. The van der Waals surface area contributed by atoms with Crippen LogP contribution in [-0.4, -0.2) is 28.1 Å². The largest absolute Gasteiger partial charge is 0.591 e. The number of carbonyl (C=O) groups is 1. The Morgan fingerprint density at radius 2 is 2.00 bits per heavy atom. The minimum atomic E-state index is -1.35. The van der Waals surface area contributed by atoms with Crippen LogP contribution in [0.1, 0.15) is 44.6 Å². The first-order valence-electron chi connectivity index (χ1n) is 10.2. The van der Waals surface area contributed by atoms with Crippen LogP contribution >= 0.6 is 22.6 Å². The van der Waals surface area contributed by atoms with E-state index in [2.05, 4.69) is 27.0 Å². The number of carbonyl (C=O) groups excluding carboxylic acids is 1. The second-order valence-electron chi connectivity index (χ2n) is 8.12. The predicted molar refractivity (Wildman–Crippen MR) is 136 cm³/mol. The molecule has 1 atom stereocenters. The quantitative estimate of drug-likeness (QED) is 0.153. The summed E-state index contributed by atoms with van der Waals surface area (Å²) in [5.41, 5.74) is 2.51. The molecule has 3 aromatic rings. The van der Waals surface area contributed by atoms with Crippen LogP contribution in [0, 0.1) is 3.57 Å². The lowest BCUT2D eigenvalue weighted by atomic mass is 10.1. The summed E-state index contributed by atoms with van der Waals surface area (Å²) in [6.45, 7) is 8.10. The molecule has 2 aromatic carbocycles. The minimum Gasteiger partial charge on any atom is -0.591 e. The van der Waals surface area contributed by atoms with Crippen molar-refractivity contribution in [3.8, 4) is 5.75 Å². The first kappa shape index (κ1) is 24.6. The number of ether oxygens (including phenoxy) is 2. The minimum absolute atomic E-state index is 0.168. The molecule has 0 radical (unpaired) electrons. The Hall–Kier alpha value is -2.04. The van der Waals surface area contributed by atoms with Gasteiger partial charge in [0.05, 0.1) is 16.6 Å². The van der Waals surface area contributed by atoms with Crippen LogP contribution < -0.4 is 4.74 Å². The molecule has 6 nitrogen and oxygen atoms in total. The van der Waals surface area contributed by atoms with Gasteiger partial charge in [-0.3, -0.25) is 4.79 Å². The molecule has 0 spiro atoms. The zero-order valence-corrected chi connectivity index (χ0v) is 21.5. The van der Waals surface area contributed by atoms with Crippen molar-refractivity contribution in [1.29, 1.82) is 0 Å². The van der Waals surface area contributed by atoms with Crippen LogP contribution in [0.25, 0.3) is 11.0 Å². The Morgan fingerprint density at radius 3 is 2.72 bits per heavy atom. The first-order chi connectivity index (χ1) is 15.2. The molecule has 32 heavy (non-hydrogen) atoms. The highest BCUT2D eigenvalue weighted by atomic mass is 127. The third kappa shape index (κ3) is 6.49. The molecular formula is C24H26INO5S. The summed E-state index contributed by atoms with van der Waals surface area (Å²) in [7, 11) is 0. The second kappa shape index (κ2) is 10.7. The van der Waals surface area contributed by atoms with Crippen molar-refractivity contribution < 1.29 is 23.2 Å². The van der Waals surface area contributed by atoms with E-state index in [0.29, 0.717) is 24.7 Å². The van der Waals surface area contributed by atoms with E-state index in [1.165, 1.54) is 6.21 Å². The number of benzene rings is 2. The number of rotatable bonds is 8. The smallest absolute Gasteiger partial charge is 0.310 e. The maximum Gasteiger partial charge on any atom is 0.310 e. The molecule has 0 bridgehead atoms. The molecule has 1 aromatic heterocycles. The maximum atomic E-state index is 12.1. The van der Waals surface area contributed by atoms with E-state index in [1.807, 2.05) is 63.2 Å². The number of esters is 1. The van der Waals surface area contributed by atoms with E-state index in [0.717, 1.165) is 25.7 Å². The molecule has 0 aliphatic rings. The molecule has 0 amide bonds. The fraction of sp³-hybridized carbons (Fsp3) is 0.333. The SMILES string of the molecule is CCOC(=O)Cc1ccccc1OCc1cc(I)c2oc(/C=N\[S+]([O-])C(C)(C)C)cc2c1. The molecule has 0 saturated heterocycles. The van der Waals surface area contributed by atoms with Crippen LogP contribution in [-0.2, 0) is 33.9 Å². The predicted octanol–water partition coefficient (Wildman–Crippen LogP) is 5.60. The topological polar surface area (TPSA) is 84.1 Å². The lowest BCUT2D eigenvalue weighted by Gasteiger charge is -2.17. The molecule has 0 N–H and O–H groups in total. The first-order valence-corrected chi connectivity index (χ1v) is 12.4. The summed E-state index contributed by atoms with van der Waals surface area (Å²) < 4.78 is 33.7. The van der Waals surface area contributed by atoms with E-state index >= 15 is 0 Å². The summed E-state index contributed by atoms with van der Waals surface area (Å²) in [6, 6.07) is 13.3. The molecular weight excluding hydrogens is 541 g/mol. The van der Waals surface area contributed by atoms with Crippen molar-refractivity contribution in [2.45, 2.75) is 45.5 Å². The highest BCUT2D eigenvalue weighted by molar-refractivity contribution is 14.1. The van der Waals surface area contributed by atoms with Gasteiger partial charge < -0.3 is 18.4 Å². The average molecular weight is 567 g/mol. The third-order valence-corrected chi connectivity index (χ3v) is 6.60. The molecule has 0 aliphatic heterocycles. The summed E-state index contributed by atoms with van der Waals surface area (Å²) in [6.07, 6.45) is 1.68. The lowest BCUT2D eigenvalue weighted by Crippen LogP contribution is -2.25. The van der Waals surface area contributed by atoms with E-state index in [9.17, 15) is 9.35 Å². The average Bonchev–Trinajstić information content (AvgIpc) is 3.14. The second-order valence-corrected chi connectivity index (χ2v) is 11.2. The van der Waals surface area contributed by atoms with Gasteiger partial charge in [-0.2, -0.15) is 0 Å². The number of nitrogens with zero attached hydrogens (tertiary/aromatic N) is 1. The highest BCUT2D eigenvalue weighted by Gasteiger charge is 2.26. The standard InChI is InChI=1S/C24H26INO5S/c1-5-29-22(27)13-17-8-6-7-9-21(17)30-15-16-10-18-12-19(31-23(18)20(25)11-16)14-26-32(28)24(2,3)4/h6-12,14H,5,13,15H2,1-4H3/b26-14-. The van der Waals surface area contributed by atoms with Gasteiger partial charge in [-0.05, 0) is 80.1 Å². The van der Waals surface area contributed by atoms with Gasteiger partial charge in [-0.15, -0.1) is 0 Å². The number of halogens is 1. The van der Waals surface area contributed by atoms with Crippen molar-refractivity contribution in [2.75, 3.05) is 6.61 Å². The maximum absolute atomic E-state index is 12.1. The van der Waals surface area contributed by atoms with Crippen molar-refractivity contribution in [3.63, 3.8) is 0 Å². The molecule has 3 rings (SSSR count). The summed E-state index contributed by atoms with van der Waals surface area (Å²) in [4.78, 5) is 11.9. The van der Waals surface area contributed by atoms with Gasteiger partial charge in [0.2, 0.25) is 0 Å². The van der Waals surface area contributed by atoms with Crippen LogP contribution in [0.15, 0.2) is 51.3 Å².